The average molecular weight is 253 g/mol. The van der Waals surface area contributed by atoms with Crippen LogP contribution < -0.4 is 0 Å². The van der Waals surface area contributed by atoms with Crippen molar-refractivity contribution < 1.29 is 9.59 Å². The maximum atomic E-state index is 12.3. The Morgan fingerprint density at radius 1 is 1.22 bits per heavy atom. The Kier molecular flexibility index (Phi) is 6.37. The third-order valence-electron chi connectivity index (χ3n) is 3.66. The molecule has 0 aromatic rings. The van der Waals surface area contributed by atoms with Gasteiger partial charge in [-0.2, -0.15) is 0 Å². The summed E-state index contributed by atoms with van der Waals surface area (Å²) < 4.78 is 0. The summed E-state index contributed by atoms with van der Waals surface area (Å²) >= 11 is 0. The average Bonchev–Trinajstić information content (AvgIpc) is 2.50. The standard InChI is InChI=1S/C15H27NO2/c1-12(2)8-9-15(18)16-10-6-4-5-7-14(16)11-13(3)17/h12,14H,4-11H2,1-3H3. The Bertz CT molecular complexity index is 286. The number of likely N-dealkylation sites (tertiary alicyclic amines) is 1. The van der Waals surface area contributed by atoms with Crippen molar-refractivity contribution in [2.24, 2.45) is 5.92 Å². The van der Waals surface area contributed by atoms with E-state index in [4.69, 9.17) is 0 Å². The molecular formula is C15H27NO2. The van der Waals surface area contributed by atoms with Gasteiger partial charge in [-0.05, 0) is 32.1 Å². The zero-order chi connectivity index (χ0) is 13.5. The van der Waals surface area contributed by atoms with Crippen molar-refractivity contribution in [3.8, 4) is 0 Å². The van der Waals surface area contributed by atoms with Crippen molar-refractivity contribution in [2.45, 2.75) is 71.8 Å². The lowest BCUT2D eigenvalue weighted by Crippen LogP contribution is -2.41. The van der Waals surface area contributed by atoms with Crippen LogP contribution in [0.4, 0.5) is 0 Å². The van der Waals surface area contributed by atoms with Gasteiger partial charge in [0.25, 0.3) is 0 Å². The first-order valence-corrected chi connectivity index (χ1v) is 7.29. The molecule has 104 valence electrons. The molecule has 1 unspecified atom stereocenters. The van der Waals surface area contributed by atoms with E-state index >= 15 is 0 Å². The third kappa shape index (κ3) is 5.19. The highest BCUT2D eigenvalue weighted by Crippen LogP contribution is 2.21. The summed E-state index contributed by atoms with van der Waals surface area (Å²) in [5.74, 6) is 1.01. The molecule has 1 aliphatic rings. The van der Waals surface area contributed by atoms with E-state index in [9.17, 15) is 9.59 Å². The molecule has 1 saturated heterocycles. The van der Waals surface area contributed by atoms with Crippen LogP contribution in [0.25, 0.3) is 0 Å². The van der Waals surface area contributed by atoms with Gasteiger partial charge in [0.05, 0.1) is 0 Å². The largest absolute Gasteiger partial charge is 0.339 e. The van der Waals surface area contributed by atoms with Gasteiger partial charge >= 0.3 is 0 Å². The van der Waals surface area contributed by atoms with Gasteiger partial charge in [-0.3, -0.25) is 9.59 Å². The molecule has 1 rings (SSSR count). The summed E-state index contributed by atoms with van der Waals surface area (Å²) in [6.07, 6.45) is 6.52. The van der Waals surface area contributed by atoms with Crippen LogP contribution >= 0.6 is 0 Å². The zero-order valence-electron chi connectivity index (χ0n) is 12.1. The highest BCUT2D eigenvalue weighted by Gasteiger charge is 2.25. The summed E-state index contributed by atoms with van der Waals surface area (Å²) in [6, 6.07) is 0.157. The fourth-order valence-corrected chi connectivity index (χ4v) is 2.61. The maximum absolute atomic E-state index is 12.3. The van der Waals surface area contributed by atoms with Crippen molar-refractivity contribution in [1.82, 2.24) is 4.90 Å². The molecule has 1 amide bonds. The summed E-state index contributed by atoms with van der Waals surface area (Å²) in [5, 5.41) is 0. The fraction of sp³-hybridized carbons (Fsp3) is 0.867. The number of carbonyl (C=O) groups is 2. The SMILES string of the molecule is CC(=O)CC1CCCCCN1C(=O)CCC(C)C. The predicted octanol–water partition coefficient (Wildman–Crippen LogP) is 3.17. The lowest BCUT2D eigenvalue weighted by Gasteiger charge is -2.30. The minimum atomic E-state index is 0.157. The van der Waals surface area contributed by atoms with Crippen LogP contribution in [-0.4, -0.2) is 29.2 Å². The molecule has 1 heterocycles. The van der Waals surface area contributed by atoms with Crippen LogP contribution in [0.5, 0.6) is 0 Å². The molecule has 0 aromatic heterocycles. The molecule has 3 heteroatoms. The highest BCUT2D eigenvalue weighted by molar-refractivity contribution is 5.79. The number of nitrogens with zero attached hydrogens (tertiary/aromatic N) is 1. The molecule has 0 aliphatic carbocycles. The van der Waals surface area contributed by atoms with Gasteiger partial charge in [0, 0.05) is 25.4 Å². The molecule has 1 aliphatic heterocycles. The molecular weight excluding hydrogens is 226 g/mol. The van der Waals surface area contributed by atoms with Gasteiger partial charge in [0.2, 0.25) is 5.91 Å². The van der Waals surface area contributed by atoms with E-state index in [1.165, 1.54) is 6.42 Å². The third-order valence-corrected chi connectivity index (χ3v) is 3.66. The Balaban J connectivity index is 2.60. The van der Waals surface area contributed by atoms with Crippen LogP contribution in [-0.2, 0) is 9.59 Å². The molecule has 0 saturated carbocycles. The van der Waals surface area contributed by atoms with Gasteiger partial charge in [0.15, 0.2) is 0 Å². The van der Waals surface area contributed by atoms with Gasteiger partial charge in [0.1, 0.15) is 5.78 Å². The highest BCUT2D eigenvalue weighted by atomic mass is 16.2. The Morgan fingerprint density at radius 2 is 1.94 bits per heavy atom. The minimum absolute atomic E-state index is 0.157. The summed E-state index contributed by atoms with van der Waals surface area (Å²) in [7, 11) is 0. The Labute approximate surface area is 111 Å². The number of ketones is 1. The Morgan fingerprint density at radius 3 is 2.56 bits per heavy atom. The molecule has 0 aromatic carbocycles. The van der Waals surface area contributed by atoms with Crippen molar-refractivity contribution in [1.29, 1.82) is 0 Å². The summed E-state index contributed by atoms with van der Waals surface area (Å²) in [4.78, 5) is 25.6. The van der Waals surface area contributed by atoms with E-state index in [0.717, 1.165) is 32.2 Å². The molecule has 1 fully saturated rings. The van der Waals surface area contributed by atoms with E-state index in [0.29, 0.717) is 18.8 Å². The first kappa shape index (κ1) is 15.2. The van der Waals surface area contributed by atoms with Crippen LogP contribution in [0.1, 0.15) is 65.7 Å². The maximum Gasteiger partial charge on any atom is 0.222 e. The smallest absolute Gasteiger partial charge is 0.222 e. The molecule has 0 radical (unpaired) electrons. The quantitative estimate of drug-likeness (QED) is 0.754. The number of amides is 1. The number of Topliss-reactive ketones (excluding diaryl/α,β-unsaturated/α-hetero) is 1. The summed E-state index contributed by atoms with van der Waals surface area (Å²) in [6.45, 7) is 6.75. The summed E-state index contributed by atoms with van der Waals surface area (Å²) in [5.41, 5.74) is 0. The minimum Gasteiger partial charge on any atom is -0.339 e. The second-order valence-corrected chi connectivity index (χ2v) is 5.93. The van der Waals surface area contributed by atoms with Crippen LogP contribution in [0.3, 0.4) is 0 Å². The number of hydrogen-bond donors (Lipinski definition) is 0. The molecule has 0 N–H and O–H groups in total. The van der Waals surface area contributed by atoms with Gasteiger partial charge in [-0.25, -0.2) is 0 Å². The number of carbonyl (C=O) groups excluding carboxylic acids is 2. The molecule has 0 spiro atoms. The predicted molar refractivity (Wildman–Crippen MR) is 73.3 cm³/mol. The second-order valence-electron chi connectivity index (χ2n) is 5.93. The van der Waals surface area contributed by atoms with Gasteiger partial charge < -0.3 is 4.90 Å². The van der Waals surface area contributed by atoms with E-state index in [-0.39, 0.29) is 17.7 Å². The number of hydrogen-bond acceptors (Lipinski definition) is 2. The lowest BCUT2D eigenvalue weighted by molar-refractivity contribution is -0.134. The van der Waals surface area contributed by atoms with Crippen molar-refractivity contribution in [3.05, 3.63) is 0 Å². The fourth-order valence-electron chi connectivity index (χ4n) is 2.61. The first-order valence-electron chi connectivity index (χ1n) is 7.29. The van der Waals surface area contributed by atoms with Crippen molar-refractivity contribution in [3.63, 3.8) is 0 Å². The van der Waals surface area contributed by atoms with Crippen LogP contribution in [0, 0.1) is 5.92 Å². The van der Waals surface area contributed by atoms with Crippen molar-refractivity contribution >= 4 is 11.7 Å². The second kappa shape index (κ2) is 7.55. The molecule has 0 bridgehead atoms. The normalized spacial score (nSPS) is 20.9. The van der Waals surface area contributed by atoms with Crippen LogP contribution in [0.2, 0.25) is 0 Å². The monoisotopic (exact) mass is 253 g/mol. The van der Waals surface area contributed by atoms with E-state index in [1.54, 1.807) is 6.92 Å². The van der Waals surface area contributed by atoms with E-state index in [1.807, 2.05) is 4.90 Å². The number of rotatable bonds is 5. The van der Waals surface area contributed by atoms with E-state index < -0.39 is 0 Å². The molecule has 3 nitrogen and oxygen atoms in total. The van der Waals surface area contributed by atoms with Gasteiger partial charge in [-0.1, -0.05) is 26.7 Å². The van der Waals surface area contributed by atoms with Gasteiger partial charge in [-0.15, -0.1) is 0 Å². The molecule has 18 heavy (non-hydrogen) atoms. The topological polar surface area (TPSA) is 37.4 Å². The first-order chi connectivity index (χ1) is 8.50. The van der Waals surface area contributed by atoms with E-state index in [2.05, 4.69) is 13.8 Å². The van der Waals surface area contributed by atoms with Crippen molar-refractivity contribution in [2.75, 3.05) is 6.54 Å². The lowest BCUT2D eigenvalue weighted by atomic mass is 10.0. The molecule has 1 atom stereocenters. The van der Waals surface area contributed by atoms with Crippen LogP contribution in [0.15, 0.2) is 0 Å². The zero-order valence-corrected chi connectivity index (χ0v) is 12.1. The Hall–Kier alpha value is -0.860.